The van der Waals surface area contributed by atoms with Crippen LogP contribution >= 0.6 is 0 Å². The lowest BCUT2D eigenvalue weighted by atomic mass is 9.89. The Morgan fingerprint density at radius 3 is 2.53 bits per heavy atom. The largest absolute Gasteiger partial charge is 0.409 e. The molecule has 0 spiro atoms. The number of hydrogen-bond acceptors (Lipinski definition) is 4. The normalized spacial score (nSPS) is 24.4. The Balaban J connectivity index is 1.85. The highest BCUT2D eigenvalue weighted by atomic mass is 16.4. The van der Waals surface area contributed by atoms with Crippen molar-refractivity contribution in [2.75, 3.05) is 0 Å². The fraction of sp³-hybridized carbons (Fsp3) is 0.417. The van der Waals surface area contributed by atoms with Gasteiger partial charge in [-0.3, -0.25) is 0 Å². The van der Waals surface area contributed by atoms with Crippen molar-refractivity contribution >= 4 is 5.84 Å². The third-order valence-electron chi connectivity index (χ3n) is 3.07. The molecule has 0 aromatic heterocycles. The minimum atomic E-state index is -0.129. The Hall–Kier alpha value is -1.59. The summed E-state index contributed by atoms with van der Waals surface area (Å²) < 4.78 is 0. The molecule has 0 heterocycles. The van der Waals surface area contributed by atoms with E-state index in [-0.39, 0.29) is 11.9 Å². The van der Waals surface area contributed by atoms with E-state index in [1.165, 1.54) is 0 Å². The van der Waals surface area contributed by atoms with Crippen LogP contribution in [0.4, 0.5) is 0 Å². The molecule has 0 atom stereocenters. The van der Waals surface area contributed by atoms with Crippen LogP contribution < -0.4 is 11.1 Å². The molecule has 1 aromatic carbocycles. The Bertz CT molecular complexity index is 397. The van der Waals surface area contributed by atoms with Crippen LogP contribution in [0, 0.1) is 0 Å². The van der Waals surface area contributed by atoms with Gasteiger partial charge in [0.25, 0.3) is 0 Å². The molecule has 1 aliphatic rings. The number of amidine groups is 1. The zero-order valence-corrected chi connectivity index (χ0v) is 9.50. The Morgan fingerprint density at radius 1 is 1.35 bits per heavy atom. The van der Waals surface area contributed by atoms with E-state index in [0.29, 0.717) is 11.6 Å². The molecule has 0 amide bonds. The predicted molar refractivity (Wildman–Crippen MR) is 64.8 cm³/mol. The SMILES string of the molecule is NC(=NO)c1ccc(CNC2CC(O)C2)cc1. The van der Waals surface area contributed by atoms with Gasteiger partial charge in [-0.05, 0) is 18.4 Å². The number of nitrogens with one attached hydrogen (secondary N) is 1. The maximum Gasteiger partial charge on any atom is 0.170 e. The first-order valence-electron chi connectivity index (χ1n) is 5.67. The molecule has 5 N–H and O–H groups in total. The smallest absolute Gasteiger partial charge is 0.170 e. The second-order valence-electron chi connectivity index (χ2n) is 4.39. The first kappa shape index (κ1) is 11.9. The molecule has 0 aliphatic heterocycles. The van der Waals surface area contributed by atoms with Crippen LogP contribution in [0.5, 0.6) is 0 Å². The summed E-state index contributed by atoms with van der Waals surface area (Å²) in [4.78, 5) is 0. The average Bonchev–Trinajstić information content (AvgIpc) is 2.33. The summed E-state index contributed by atoms with van der Waals surface area (Å²) in [6, 6.07) is 7.95. The van der Waals surface area contributed by atoms with Crippen molar-refractivity contribution in [1.82, 2.24) is 5.32 Å². The maximum atomic E-state index is 9.15. The number of aliphatic hydroxyl groups excluding tert-OH is 1. The standard InChI is InChI=1S/C12H17N3O2/c13-12(15-17)9-3-1-8(2-4-9)7-14-10-5-11(16)6-10/h1-4,10-11,14,16-17H,5-7H2,(H2,13,15). The molecule has 0 radical (unpaired) electrons. The Labute approximate surface area is 99.9 Å². The van der Waals surface area contributed by atoms with Crippen LogP contribution in [-0.2, 0) is 6.54 Å². The van der Waals surface area contributed by atoms with Crippen molar-refractivity contribution in [3.05, 3.63) is 35.4 Å². The second-order valence-corrected chi connectivity index (χ2v) is 4.39. The molecule has 0 unspecified atom stereocenters. The number of nitrogens with zero attached hydrogens (tertiary/aromatic N) is 1. The highest BCUT2D eigenvalue weighted by Gasteiger charge is 2.26. The van der Waals surface area contributed by atoms with Crippen molar-refractivity contribution in [2.24, 2.45) is 10.9 Å². The van der Waals surface area contributed by atoms with Gasteiger partial charge in [0.2, 0.25) is 0 Å². The zero-order chi connectivity index (χ0) is 12.3. The second kappa shape index (κ2) is 5.16. The van der Waals surface area contributed by atoms with E-state index < -0.39 is 0 Å². The van der Waals surface area contributed by atoms with Gasteiger partial charge in [0.15, 0.2) is 5.84 Å². The third-order valence-corrected chi connectivity index (χ3v) is 3.07. The molecule has 17 heavy (non-hydrogen) atoms. The van der Waals surface area contributed by atoms with Crippen LogP contribution in [-0.4, -0.2) is 28.3 Å². The van der Waals surface area contributed by atoms with Gasteiger partial charge in [-0.2, -0.15) is 0 Å². The van der Waals surface area contributed by atoms with Crippen molar-refractivity contribution in [2.45, 2.75) is 31.5 Å². The highest BCUT2D eigenvalue weighted by molar-refractivity contribution is 5.96. The minimum Gasteiger partial charge on any atom is -0.409 e. The summed E-state index contributed by atoms with van der Waals surface area (Å²) in [5.74, 6) is 0.117. The maximum absolute atomic E-state index is 9.15. The van der Waals surface area contributed by atoms with E-state index in [1.807, 2.05) is 24.3 Å². The van der Waals surface area contributed by atoms with E-state index in [1.54, 1.807) is 0 Å². The lowest BCUT2D eigenvalue weighted by Crippen LogP contribution is -2.43. The van der Waals surface area contributed by atoms with Crippen LogP contribution in [0.25, 0.3) is 0 Å². The molecule has 1 aromatic rings. The summed E-state index contributed by atoms with van der Waals surface area (Å²) in [5, 5.41) is 24.0. The van der Waals surface area contributed by atoms with Gasteiger partial charge in [0.1, 0.15) is 0 Å². The molecule has 1 saturated carbocycles. The molecule has 92 valence electrons. The first-order valence-corrected chi connectivity index (χ1v) is 5.67. The van der Waals surface area contributed by atoms with Gasteiger partial charge in [0, 0.05) is 18.2 Å². The molecule has 1 fully saturated rings. The fourth-order valence-corrected chi connectivity index (χ4v) is 1.87. The van der Waals surface area contributed by atoms with Crippen LogP contribution in [0.3, 0.4) is 0 Å². The van der Waals surface area contributed by atoms with Crippen LogP contribution in [0.15, 0.2) is 29.4 Å². The summed E-state index contributed by atoms with van der Waals surface area (Å²) in [7, 11) is 0. The van der Waals surface area contributed by atoms with E-state index in [2.05, 4.69) is 10.5 Å². The molecule has 0 bridgehead atoms. The van der Waals surface area contributed by atoms with Crippen LogP contribution in [0.2, 0.25) is 0 Å². The van der Waals surface area contributed by atoms with E-state index in [4.69, 9.17) is 16.0 Å². The molecule has 1 aliphatic carbocycles. The van der Waals surface area contributed by atoms with Gasteiger partial charge in [-0.1, -0.05) is 29.4 Å². The number of benzene rings is 1. The average molecular weight is 235 g/mol. The Morgan fingerprint density at radius 2 is 2.00 bits per heavy atom. The fourth-order valence-electron chi connectivity index (χ4n) is 1.87. The molecule has 0 saturated heterocycles. The van der Waals surface area contributed by atoms with E-state index >= 15 is 0 Å². The third kappa shape index (κ3) is 2.95. The minimum absolute atomic E-state index is 0.117. The molecule has 2 rings (SSSR count). The van der Waals surface area contributed by atoms with E-state index in [0.717, 1.165) is 24.9 Å². The lowest BCUT2D eigenvalue weighted by molar-refractivity contribution is 0.0619. The molecule has 5 heteroatoms. The van der Waals surface area contributed by atoms with Gasteiger partial charge in [-0.15, -0.1) is 0 Å². The lowest BCUT2D eigenvalue weighted by Gasteiger charge is -2.32. The van der Waals surface area contributed by atoms with Crippen molar-refractivity contribution in [3.63, 3.8) is 0 Å². The van der Waals surface area contributed by atoms with Gasteiger partial charge < -0.3 is 21.4 Å². The van der Waals surface area contributed by atoms with Gasteiger partial charge in [0.05, 0.1) is 6.10 Å². The number of hydrogen-bond donors (Lipinski definition) is 4. The van der Waals surface area contributed by atoms with Crippen molar-refractivity contribution in [1.29, 1.82) is 0 Å². The summed E-state index contributed by atoms with van der Waals surface area (Å²) in [6.45, 7) is 0.772. The summed E-state index contributed by atoms with van der Waals surface area (Å²) in [6.07, 6.45) is 1.54. The number of rotatable bonds is 4. The monoisotopic (exact) mass is 235 g/mol. The predicted octanol–water partition coefficient (Wildman–Crippen LogP) is 0.394. The van der Waals surface area contributed by atoms with E-state index in [9.17, 15) is 0 Å². The molecule has 5 nitrogen and oxygen atoms in total. The number of aliphatic hydroxyl groups is 1. The van der Waals surface area contributed by atoms with Crippen molar-refractivity contribution < 1.29 is 10.3 Å². The van der Waals surface area contributed by atoms with Crippen molar-refractivity contribution in [3.8, 4) is 0 Å². The quantitative estimate of drug-likeness (QED) is 0.263. The summed E-state index contributed by atoms with van der Waals surface area (Å²) in [5.41, 5.74) is 7.31. The number of nitrogens with two attached hydrogens (primary N) is 1. The number of oxime groups is 1. The first-order chi connectivity index (χ1) is 8.19. The molecular weight excluding hydrogens is 218 g/mol. The zero-order valence-electron chi connectivity index (χ0n) is 9.50. The molecular formula is C12H17N3O2. The Kier molecular flexibility index (Phi) is 3.61. The van der Waals surface area contributed by atoms with Crippen LogP contribution in [0.1, 0.15) is 24.0 Å². The van der Waals surface area contributed by atoms with Gasteiger partial charge >= 0.3 is 0 Å². The van der Waals surface area contributed by atoms with Gasteiger partial charge in [-0.25, -0.2) is 0 Å². The highest BCUT2D eigenvalue weighted by Crippen LogP contribution is 2.19. The summed E-state index contributed by atoms with van der Waals surface area (Å²) >= 11 is 0. The topological polar surface area (TPSA) is 90.9 Å².